The smallest absolute Gasteiger partial charge is 0.409 e. The van der Waals surface area contributed by atoms with Gasteiger partial charge >= 0.3 is 12.8 Å². The number of carbonyl (C=O) groups excluding carboxylic acids is 1. The van der Waals surface area contributed by atoms with Crippen LogP contribution in [0.2, 0.25) is 0 Å². The highest BCUT2D eigenvalue weighted by Crippen LogP contribution is 2.48. The molecule has 0 amide bonds. The highest BCUT2D eigenvalue weighted by molar-refractivity contribution is 7.84. The molecule has 0 fully saturated rings. The van der Waals surface area contributed by atoms with Gasteiger partial charge in [-0.2, -0.15) is 0 Å². The van der Waals surface area contributed by atoms with Crippen molar-refractivity contribution in [2.24, 2.45) is 0 Å². The lowest BCUT2D eigenvalue weighted by atomic mass is 10.0. The number of benzene rings is 1. The topological polar surface area (TPSA) is 64.6 Å². The van der Waals surface area contributed by atoms with Gasteiger partial charge in [-0.15, -0.1) is 0 Å². The maximum atomic E-state index is 12.5. The number of hydrogen-bond acceptors (Lipinski definition) is 4. The van der Waals surface area contributed by atoms with Crippen LogP contribution in [-0.4, -0.2) is 18.1 Å². The van der Waals surface area contributed by atoms with Crippen molar-refractivity contribution >= 4 is 24.1 Å². The first-order chi connectivity index (χ1) is 13.9. The average molecular weight is 446 g/mol. The van der Waals surface area contributed by atoms with E-state index >= 15 is 0 Å². The van der Waals surface area contributed by atoms with Crippen LogP contribution in [0.4, 0.5) is 0 Å². The Kier molecular flexibility index (Phi) is 13.3. The summed E-state index contributed by atoms with van der Waals surface area (Å²) in [6.07, 6.45) is 10.8. The van der Waals surface area contributed by atoms with E-state index in [2.05, 4.69) is 18.9 Å². The Morgan fingerprint density at radius 2 is 1.55 bits per heavy atom. The number of rotatable bonds is 16. The van der Waals surface area contributed by atoms with Gasteiger partial charge in [0.05, 0.1) is 0 Å². The highest BCUT2D eigenvalue weighted by atomic mass is 35.7. The van der Waals surface area contributed by atoms with E-state index in [0.29, 0.717) is 5.75 Å². The molecule has 1 rings (SSSR count). The van der Waals surface area contributed by atoms with Crippen LogP contribution < -0.4 is 9.61 Å². The van der Waals surface area contributed by atoms with Gasteiger partial charge in [-0.05, 0) is 44.7 Å². The third-order valence-corrected chi connectivity index (χ3v) is 6.35. The fourth-order valence-corrected chi connectivity index (χ4v) is 4.75. The Bertz CT molecular complexity index is 602. The van der Waals surface area contributed by atoms with E-state index in [0.717, 1.165) is 38.5 Å². The minimum absolute atomic E-state index is 0.106. The van der Waals surface area contributed by atoms with Crippen molar-refractivity contribution in [3.8, 4) is 5.75 Å². The zero-order chi connectivity index (χ0) is 21.5. The van der Waals surface area contributed by atoms with Gasteiger partial charge in [0, 0.05) is 11.2 Å². The van der Waals surface area contributed by atoms with Crippen LogP contribution in [0.3, 0.4) is 0 Å². The van der Waals surface area contributed by atoms with E-state index in [-0.39, 0.29) is 6.10 Å². The summed E-state index contributed by atoms with van der Waals surface area (Å²) in [4.78, 5) is 12.5. The van der Waals surface area contributed by atoms with Gasteiger partial charge in [0.25, 0.3) is 0 Å². The Morgan fingerprint density at radius 1 is 1.00 bits per heavy atom. The van der Waals surface area contributed by atoms with E-state index in [1.807, 2.05) is 6.07 Å². The number of unbranched alkanes of at least 4 members (excludes halogenated alkanes) is 6. The fourth-order valence-electron chi connectivity index (χ4n) is 3.05. The molecule has 0 aliphatic carbocycles. The zero-order valence-corrected chi connectivity index (χ0v) is 19.7. The second-order valence-corrected chi connectivity index (χ2v) is 10.2. The lowest BCUT2D eigenvalue weighted by Crippen LogP contribution is -2.35. The second kappa shape index (κ2) is 14.9. The molecule has 1 unspecified atom stereocenters. The van der Waals surface area contributed by atoms with Crippen molar-refractivity contribution in [3.05, 3.63) is 30.3 Å². The van der Waals surface area contributed by atoms with Gasteiger partial charge in [-0.3, -0.25) is 4.79 Å². The molecule has 5 nitrogen and oxygen atoms in total. The molecule has 1 aromatic rings. The summed E-state index contributed by atoms with van der Waals surface area (Å²) in [5.74, 6) is -0.0675. The largest absolute Gasteiger partial charge is 0.461 e. The number of esters is 1. The summed E-state index contributed by atoms with van der Waals surface area (Å²) in [6, 6.07) is 7.82. The van der Waals surface area contributed by atoms with Crippen LogP contribution >= 0.6 is 18.1 Å². The molecule has 1 N–H and O–H groups in total. The number of halogens is 1. The predicted octanol–water partition coefficient (Wildman–Crippen LogP) is 7.24. The molecule has 29 heavy (non-hydrogen) atoms. The molecule has 1 aromatic carbocycles. The molecule has 166 valence electrons. The van der Waals surface area contributed by atoms with Crippen molar-refractivity contribution in [2.45, 2.75) is 97.1 Å². The van der Waals surface area contributed by atoms with E-state index in [9.17, 15) is 9.36 Å². The summed E-state index contributed by atoms with van der Waals surface area (Å²) >= 11 is 6.00. The van der Waals surface area contributed by atoms with Crippen LogP contribution in [0.1, 0.15) is 85.0 Å². The summed E-state index contributed by atoms with van der Waals surface area (Å²) in [5, 5.41) is 2.59. The Balaban J connectivity index is 2.54. The molecular weight excluding hydrogens is 409 g/mol. The predicted molar refractivity (Wildman–Crippen MR) is 121 cm³/mol. The average Bonchev–Trinajstić information content (AvgIpc) is 2.68. The monoisotopic (exact) mass is 445 g/mol. The summed E-state index contributed by atoms with van der Waals surface area (Å²) in [6.45, 7) is 2.24. The maximum absolute atomic E-state index is 12.5. The van der Waals surface area contributed by atoms with Crippen LogP contribution in [0.15, 0.2) is 30.3 Å². The highest BCUT2D eigenvalue weighted by Gasteiger charge is 2.29. The molecule has 0 radical (unpaired) electrons. The number of nitrogens with one attached hydrogen (secondary N) is 1. The Hall–Kier alpha value is -1.03. The van der Waals surface area contributed by atoms with E-state index in [4.69, 9.17) is 20.5 Å². The summed E-state index contributed by atoms with van der Waals surface area (Å²) in [5.41, 5.74) is 0. The zero-order valence-electron chi connectivity index (χ0n) is 18.1. The minimum Gasteiger partial charge on any atom is -0.461 e. The second-order valence-electron chi connectivity index (χ2n) is 7.49. The van der Waals surface area contributed by atoms with Gasteiger partial charge in [0.1, 0.15) is 17.9 Å². The summed E-state index contributed by atoms with van der Waals surface area (Å²) < 4.78 is 23.5. The van der Waals surface area contributed by atoms with Gasteiger partial charge in [-0.1, -0.05) is 70.6 Å². The minimum atomic E-state index is -3.71. The first kappa shape index (κ1) is 26.0. The van der Waals surface area contributed by atoms with Crippen molar-refractivity contribution in [3.63, 3.8) is 0 Å². The van der Waals surface area contributed by atoms with E-state index in [1.54, 1.807) is 31.2 Å². The lowest BCUT2D eigenvalue weighted by Gasteiger charge is -2.22. The van der Waals surface area contributed by atoms with E-state index in [1.165, 1.54) is 25.7 Å². The molecule has 2 atom stereocenters. The van der Waals surface area contributed by atoms with Crippen LogP contribution in [0.5, 0.6) is 5.75 Å². The molecule has 0 saturated heterocycles. The van der Waals surface area contributed by atoms with Gasteiger partial charge in [-0.25, -0.2) is 9.65 Å². The van der Waals surface area contributed by atoms with Crippen molar-refractivity contribution in [2.75, 3.05) is 0 Å². The van der Waals surface area contributed by atoms with Crippen LogP contribution in [-0.2, 0) is 14.1 Å². The van der Waals surface area contributed by atoms with Crippen molar-refractivity contribution in [1.29, 1.82) is 0 Å². The fraction of sp³-hybridized carbons (Fsp3) is 0.682. The number of para-hydroxylation sites is 1. The molecule has 0 bridgehead atoms. The maximum Gasteiger partial charge on any atom is 0.409 e. The molecule has 7 heteroatoms. The van der Waals surface area contributed by atoms with Gasteiger partial charge in [0.15, 0.2) is 0 Å². The number of carbonyl (C=O) groups is 1. The third kappa shape index (κ3) is 12.3. The molecule has 0 saturated carbocycles. The molecule has 0 spiro atoms. The Labute approximate surface area is 181 Å². The molecule has 0 heterocycles. The van der Waals surface area contributed by atoms with E-state index < -0.39 is 18.9 Å². The quantitative estimate of drug-likeness (QED) is 0.165. The number of ether oxygens (including phenoxy) is 1. The lowest BCUT2D eigenvalue weighted by molar-refractivity contribution is -0.151. The van der Waals surface area contributed by atoms with Crippen molar-refractivity contribution < 1.29 is 18.6 Å². The summed E-state index contributed by atoms with van der Waals surface area (Å²) in [7, 11) is 0. The molecule has 0 aliphatic rings. The molecular formula is C22H37ClNO4P. The Morgan fingerprint density at radius 3 is 2.07 bits per heavy atom. The van der Waals surface area contributed by atoms with Gasteiger partial charge < -0.3 is 9.26 Å². The third-order valence-electron chi connectivity index (χ3n) is 4.71. The first-order valence-corrected chi connectivity index (χ1v) is 13.4. The molecule has 0 aliphatic heterocycles. The first-order valence-electron chi connectivity index (χ1n) is 10.9. The standard InChI is InChI=1S/C22H37ClNO4P/c1-4-6-8-11-15-20(16-12-9-7-5-2)27-22(25)19(3)24-29(23,26)28-21-17-13-10-14-18-21/h10,13-14,17-20H,4-9,11-12,15-16H2,1-3H3,(H,24,26)/t19-,29?/m0/s1. The van der Waals surface area contributed by atoms with Gasteiger partial charge in [0.2, 0.25) is 0 Å². The SMILES string of the molecule is CCCCCCC(CCCCCC)OC(=O)[C@H](C)NP(=O)(Cl)Oc1ccccc1. The molecule has 0 aromatic heterocycles. The van der Waals surface area contributed by atoms with Crippen molar-refractivity contribution in [1.82, 2.24) is 5.09 Å². The normalized spacial score (nSPS) is 14.4. The number of hydrogen-bond donors (Lipinski definition) is 1. The van der Waals surface area contributed by atoms with Crippen LogP contribution in [0.25, 0.3) is 0 Å². The van der Waals surface area contributed by atoms with Crippen LogP contribution in [0, 0.1) is 0 Å².